The van der Waals surface area contributed by atoms with Crippen molar-refractivity contribution in [3.8, 4) is 45.3 Å². The van der Waals surface area contributed by atoms with Crippen molar-refractivity contribution < 1.29 is 4.42 Å². The highest BCUT2D eigenvalue weighted by atomic mass is 32.1. The maximum absolute atomic E-state index is 6.95. The predicted molar refractivity (Wildman–Crippen MR) is 252 cm³/mol. The summed E-state index contributed by atoms with van der Waals surface area (Å²) in [5.41, 5.74) is 10.4. The average molecular weight is 820 g/mol. The second-order valence-corrected chi connectivity index (χ2v) is 20.5. The lowest BCUT2D eigenvalue weighted by molar-refractivity contribution is -0.0393. The molecule has 6 heteroatoms. The fourth-order valence-corrected chi connectivity index (χ4v) is 15.4. The summed E-state index contributed by atoms with van der Waals surface area (Å²) in [6.07, 6.45) is 6.64. The monoisotopic (exact) mass is 819 g/mol. The van der Waals surface area contributed by atoms with Crippen LogP contribution in [-0.2, 0) is 5.41 Å². The summed E-state index contributed by atoms with van der Waals surface area (Å²) in [7, 11) is 0. The smallest absolute Gasteiger partial charge is 0.164 e. The van der Waals surface area contributed by atoms with Crippen molar-refractivity contribution in [3.63, 3.8) is 0 Å². The molecule has 7 aromatic carbocycles. The van der Waals surface area contributed by atoms with E-state index in [-0.39, 0.29) is 5.41 Å². The van der Waals surface area contributed by atoms with Gasteiger partial charge in [-0.05, 0) is 139 Å². The van der Waals surface area contributed by atoms with Crippen LogP contribution < -0.4 is 0 Å². The van der Waals surface area contributed by atoms with E-state index >= 15 is 0 Å². The molecular weight excluding hydrogens is 783 g/mol. The van der Waals surface area contributed by atoms with Gasteiger partial charge in [0, 0.05) is 73.2 Å². The molecule has 4 bridgehead atoms. The van der Waals surface area contributed by atoms with Gasteiger partial charge in [0.15, 0.2) is 17.5 Å². The summed E-state index contributed by atoms with van der Waals surface area (Å²) in [5, 5.41) is 7.49. The van der Waals surface area contributed by atoms with E-state index < -0.39 is 0 Å². The summed E-state index contributed by atoms with van der Waals surface area (Å²) in [4.78, 5) is 16.5. The number of thiophene rings is 2. The van der Waals surface area contributed by atoms with Crippen LogP contribution in [0.1, 0.15) is 43.2 Å². The Morgan fingerprint density at radius 1 is 0.459 bits per heavy atom. The Kier molecular flexibility index (Phi) is 6.59. The van der Waals surface area contributed by atoms with E-state index in [1.54, 1.807) is 0 Å². The molecule has 0 atom stereocenters. The second-order valence-electron chi connectivity index (χ2n) is 18.3. The minimum absolute atomic E-state index is 0.0744. The van der Waals surface area contributed by atoms with E-state index in [9.17, 15) is 0 Å². The van der Waals surface area contributed by atoms with E-state index in [4.69, 9.17) is 19.4 Å². The standard InChI is InChI=1S/C55H37N3OS2/c1-5-13-42-37(11-1)49-41(28-44-50(38-12-2-6-14-43(38)59-44)51(49)55(42)33-22-29-21-30(24-33)25-34(55)23-29)54-57-52(31-17-19-47-39(26-31)35-9-3-7-15-45(35)60-47)56-53(58-54)32-18-20-48-40(27-32)36-10-4-8-16-46(36)61-48/h1-20,26-30,33-34H,21-25H2. The first kappa shape index (κ1) is 33.5. The van der Waals surface area contributed by atoms with Gasteiger partial charge < -0.3 is 4.42 Å². The Hall–Kier alpha value is -6.21. The lowest BCUT2D eigenvalue weighted by Crippen LogP contribution is -2.55. The second kappa shape index (κ2) is 12.0. The Morgan fingerprint density at radius 2 is 1.00 bits per heavy atom. The fraction of sp³-hybridized carbons (Fsp3) is 0.182. The Balaban J connectivity index is 1.04. The zero-order chi connectivity index (χ0) is 39.6. The molecule has 4 fully saturated rings. The van der Waals surface area contributed by atoms with Crippen LogP contribution in [0.4, 0.5) is 0 Å². The van der Waals surface area contributed by atoms with Crippen molar-refractivity contribution in [2.45, 2.75) is 37.5 Å². The highest BCUT2D eigenvalue weighted by Crippen LogP contribution is 2.71. The van der Waals surface area contributed by atoms with Crippen molar-refractivity contribution >= 4 is 85.0 Å². The van der Waals surface area contributed by atoms with E-state index in [2.05, 4.69) is 140 Å². The Bertz CT molecular complexity index is 3540. The maximum atomic E-state index is 6.95. The van der Waals surface area contributed by atoms with Gasteiger partial charge in [0.05, 0.1) is 0 Å². The average Bonchev–Trinajstić information content (AvgIpc) is 4.05. The minimum atomic E-state index is -0.0744. The van der Waals surface area contributed by atoms with Crippen LogP contribution in [-0.4, -0.2) is 15.0 Å². The molecule has 11 aromatic rings. The van der Waals surface area contributed by atoms with Crippen LogP contribution in [0.15, 0.2) is 144 Å². The largest absolute Gasteiger partial charge is 0.456 e. The molecule has 0 aliphatic heterocycles. The molecular formula is C55H37N3OS2. The van der Waals surface area contributed by atoms with Crippen LogP contribution in [0.25, 0.3) is 108 Å². The van der Waals surface area contributed by atoms with E-state index in [0.29, 0.717) is 29.3 Å². The third-order valence-electron chi connectivity index (χ3n) is 15.3. The van der Waals surface area contributed by atoms with Gasteiger partial charge in [-0.2, -0.15) is 0 Å². The topological polar surface area (TPSA) is 51.8 Å². The predicted octanol–water partition coefficient (Wildman–Crippen LogP) is 15.2. The van der Waals surface area contributed by atoms with E-state index in [1.165, 1.54) is 105 Å². The van der Waals surface area contributed by atoms with E-state index in [1.807, 2.05) is 22.7 Å². The van der Waals surface area contributed by atoms with Crippen molar-refractivity contribution in [2.75, 3.05) is 0 Å². The summed E-state index contributed by atoms with van der Waals surface area (Å²) < 4.78 is 12.0. The molecule has 1 spiro atoms. The highest BCUT2D eigenvalue weighted by Gasteiger charge is 2.62. The van der Waals surface area contributed by atoms with Crippen LogP contribution in [0.5, 0.6) is 0 Å². The number of benzene rings is 7. The number of rotatable bonds is 3. The van der Waals surface area contributed by atoms with Crippen LogP contribution >= 0.6 is 22.7 Å². The third kappa shape index (κ3) is 4.46. The zero-order valence-electron chi connectivity index (χ0n) is 33.2. The number of hydrogen-bond acceptors (Lipinski definition) is 6. The van der Waals surface area contributed by atoms with Crippen molar-refractivity contribution in [1.29, 1.82) is 0 Å². The molecule has 0 N–H and O–H groups in total. The molecule has 290 valence electrons. The molecule has 5 aliphatic rings. The summed E-state index contributed by atoms with van der Waals surface area (Å²) in [6.45, 7) is 0. The molecule has 4 aromatic heterocycles. The van der Waals surface area contributed by atoms with Gasteiger partial charge >= 0.3 is 0 Å². The molecule has 61 heavy (non-hydrogen) atoms. The van der Waals surface area contributed by atoms with Crippen LogP contribution in [0.2, 0.25) is 0 Å². The number of aromatic nitrogens is 3. The van der Waals surface area contributed by atoms with Crippen LogP contribution in [0, 0.1) is 23.7 Å². The molecule has 0 unspecified atom stereocenters. The van der Waals surface area contributed by atoms with Gasteiger partial charge in [-0.3, -0.25) is 0 Å². The molecule has 4 nitrogen and oxygen atoms in total. The molecule has 0 saturated heterocycles. The first-order valence-corrected chi connectivity index (χ1v) is 23.5. The molecule has 4 saturated carbocycles. The number of hydrogen-bond donors (Lipinski definition) is 0. The summed E-state index contributed by atoms with van der Waals surface area (Å²) in [5.74, 6) is 4.94. The van der Waals surface area contributed by atoms with Crippen molar-refractivity contribution in [2.24, 2.45) is 23.7 Å². The first-order valence-electron chi connectivity index (χ1n) is 21.8. The van der Waals surface area contributed by atoms with E-state index in [0.717, 1.165) is 39.7 Å². The number of nitrogens with zero attached hydrogens (tertiary/aromatic N) is 3. The highest BCUT2D eigenvalue weighted by molar-refractivity contribution is 7.26. The SMILES string of the molecule is c1ccc2c(c1)-c1c(-c3nc(-c4ccc5sc6ccccc6c5c4)nc(-c4ccc5sc6ccccc6c5c4)n3)cc3oc4ccccc4c3c1C21C2CC3CC(C2)CC1C3. The number of para-hydroxylation sites is 1. The van der Waals surface area contributed by atoms with Gasteiger partial charge in [-0.1, -0.05) is 78.9 Å². The lowest BCUT2D eigenvalue weighted by Gasteiger charge is -2.61. The molecule has 4 heterocycles. The van der Waals surface area contributed by atoms with Gasteiger partial charge in [-0.15, -0.1) is 22.7 Å². The van der Waals surface area contributed by atoms with Gasteiger partial charge in [0.2, 0.25) is 0 Å². The normalized spacial score (nSPS) is 22.5. The van der Waals surface area contributed by atoms with Gasteiger partial charge in [-0.25, -0.2) is 15.0 Å². The Morgan fingerprint density at radius 3 is 1.66 bits per heavy atom. The number of furan rings is 1. The van der Waals surface area contributed by atoms with Crippen molar-refractivity contribution in [1.82, 2.24) is 15.0 Å². The Labute approximate surface area is 359 Å². The van der Waals surface area contributed by atoms with Crippen LogP contribution in [0.3, 0.4) is 0 Å². The minimum Gasteiger partial charge on any atom is -0.456 e. The zero-order valence-corrected chi connectivity index (χ0v) is 34.8. The summed E-state index contributed by atoms with van der Waals surface area (Å²) in [6, 6.07) is 51.2. The summed E-state index contributed by atoms with van der Waals surface area (Å²) >= 11 is 3.67. The van der Waals surface area contributed by atoms with Crippen molar-refractivity contribution in [3.05, 3.63) is 151 Å². The van der Waals surface area contributed by atoms with Gasteiger partial charge in [0.1, 0.15) is 11.2 Å². The first-order chi connectivity index (χ1) is 30.2. The lowest BCUT2D eigenvalue weighted by atomic mass is 9.43. The quantitative estimate of drug-likeness (QED) is 0.178. The molecule has 0 radical (unpaired) electrons. The number of fused-ring (bicyclic) bond motifs is 13. The maximum Gasteiger partial charge on any atom is 0.164 e. The third-order valence-corrected chi connectivity index (χ3v) is 17.6. The fourth-order valence-electron chi connectivity index (χ4n) is 13.2. The molecule has 16 rings (SSSR count). The molecule has 5 aliphatic carbocycles. The molecule has 0 amide bonds. The van der Waals surface area contributed by atoms with Gasteiger partial charge in [0.25, 0.3) is 0 Å².